The van der Waals surface area contributed by atoms with Crippen molar-refractivity contribution >= 4 is 28.3 Å². The first-order valence-corrected chi connectivity index (χ1v) is 8.02. The Balaban J connectivity index is 1.93. The summed E-state index contributed by atoms with van der Waals surface area (Å²) in [5.74, 6) is -1.51. The molecule has 25 heavy (non-hydrogen) atoms. The first-order chi connectivity index (χ1) is 12.1. The molecule has 0 bridgehead atoms. The van der Waals surface area contributed by atoms with Crippen LogP contribution in [0.5, 0.6) is 5.75 Å². The van der Waals surface area contributed by atoms with Gasteiger partial charge in [-0.2, -0.15) is 0 Å². The van der Waals surface area contributed by atoms with E-state index in [9.17, 15) is 9.50 Å². The van der Waals surface area contributed by atoms with Gasteiger partial charge in [-0.25, -0.2) is 18.7 Å². The number of nitrogens with zero attached hydrogens (tertiary/aromatic N) is 2. The molecule has 2 heterocycles. The topological polar surface area (TPSA) is 70.1 Å². The number of aromatic hydroxyl groups is 1. The van der Waals surface area contributed by atoms with Crippen molar-refractivity contribution in [2.75, 3.05) is 18.4 Å². The molecule has 8 heteroatoms. The summed E-state index contributed by atoms with van der Waals surface area (Å²) in [5.41, 5.74) is -0.505. The summed E-state index contributed by atoms with van der Waals surface area (Å²) >= 11 is 6.23. The quantitative estimate of drug-likeness (QED) is 0.667. The Morgan fingerprint density at radius 1 is 1.20 bits per heavy atom. The summed E-state index contributed by atoms with van der Waals surface area (Å²) in [6, 6.07) is 5.41. The number of nitrogens with one attached hydrogen (secondary N) is 2. The third-order valence-corrected chi connectivity index (χ3v) is 4.48. The maximum Gasteiger partial charge on any atom is 0.159 e. The summed E-state index contributed by atoms with van der Waals surface area (Å²) in [7, 11) is 0. The highest BCUT2D eigenvalue weighted by Gasteiger charge is 2.24. The fourth-order valence-electron chi connectivity index (χ4n) is 2.82. The zero-order chi connectivity index (χ0) is 17.6. The van der Waals surface area contributed by atoms with Crippen LogP contribution in [0.25, 0.3) is 22.0 Å². The largest absolute Gasteiger partial charge is 0.507 e. The molecule has 0 atom stereocenters. The lowest BCUT2D eigenvalue weighted by molar-refractivity contribution is 0.471. The van der Waals surface area contributed by atoms with Crippen molar-refractivity contribution in [3.8, 4) is 16.9 Å². The SMILES string of the molecule is Oc1cccc(F)c1-c1c(Cl)cc2c(NC3CNC3)ncnc2c1F. The fraction of sp³-hybridized carbons (Fsp3) is 0.176. The van der Waals surface area contributed by atoms with Crippen LogP contribution in [0.2, 0.25) is 5.02 Å². The number of rotatable bonds is 3. The van der Waals surface area contributed by atoms with Gasteiger partial charge in [-0.3, -0.25) is 0 Å². The number of aromatic nitrogens is 2. The Bertz CT molecular complexity index is 958. The molecular formula is C17H13ClF2N4O. The van der Waals surface area contributed by atoms with Gasteiger partial charge < -0.3 is 15.7 Å². The second kappa shape index (κ2) is 6.09. The molecule has 128 valence electrons. The van der Waals surface area contributed by atoms with Gasteiger partial charge in [0.2, 0.25) is 0 Å². The molecule has 0 amide bonds. The van der Waals surface area contributed by atoms with Gasteiger partial charge in [0, 0.05) is 24.0 Å². The van der Waals surface area contributed by atoms with Crippen molar-refractivity contribution in [1.29, 1.82) is 0 Å². The lowest BCUT2D eigenvalue weighted by Gasteiger charge is -2.28. The van der Waals surface area contributed by atoms with Crippen LogP contribution in [0.4, 0.5) is 14.6 Å². The Kier molecular flexibility index (Phi) is 3.89. The zero-order valence-corrected chi connectivity index (χ0v) is 13.6. The van der Waals surface area contributed by atoms with Crippen molar-refractivity contribution in [3.63, 3.8) is 0 Å². The Labute approximate surface area is 146 Å². The van der Waals surface area contributed by atoms with Crippen molar-refractivity contribution < 1.29 is 13.9 Å². The molecule has 5 nitrogen and oxygen atoms in total. The van der Waals surface area contributed by atoms with Crippen LogP contribution in [0.3, 0.4) is 0 Å². The van der Waals surface area contributed by atoms with Crippen molar-refractivity contribution in [2.45, 2.75) is 6.04 Å². The van der Waals surface area contributed by atoms with Crippen molar-refractivity contribution in [1.82, 2.24) is 15.3 Å². The molecule has 0 unspecified atom stereocenters. The van der Waals surface area contributed by atoms with E-state index in [-0.39, 0.29) is 27.7 Å². The molecule has 1 saturated heterocycles. The molecule has 3 aromatic rings. The monoisotopic (exact) mass is 362 g/mol. The van der Waals surface area contributed by atoms with E-state index < -0.39 is 17.4 Å². The zero-order valence-electron chi connectivity index (χ0n) is 12.9. The third kappa shape index (κ3) is 2.65. The number of fused-ring (bicyclic) bond motifs is 1. The highest BCUT2D eigenvalue weighted by atomic mass is 35.5. The minimum absolute atomic E-state index is 0.00633. The van der Waals surface area contributed by atoms with E-state index in [4.69, 9.17) is 11.6 Å². The number of halogens is 3. The number of phenols is 1. The first kappa shape index (κ1) is 16.0. The van der Waals surface area contributed by atoms with Crippen LogP contribution < -0.4 is 10.6 Å². The van der Waals surface area contributed by atoms with Gasteiger partial charge in [-0.1, -0.05) is 17.7 Å². The normalized spacial score (nSPS) is 14.5. The summed E-state index contributed by atoms with van der Waals surface area (Å²) in [4.78, 5) is 8.12. The molecule has 0 spiro atoms. The van der Waals surface area contributed by atoms with Crippen LogP contribution in [-0.4, -0.2) is 34.2 Å². The van der Waals surface area contributed by atoms with Crippen LogP contribution in [-0.2, 0) is 0 Å². The molecule has 1 aromatic heterocycles. The number of benzene rings is 2. The highest BCUT2D eigenvalue weighted by Crippen LogP contribution is 2.41. The molecule has 2 aromatic carbocycles. The number of phenolic OH excluding ortho intramolecular Hbond substituents is 1. The smallest absolute Gasteiger partial charge is 0.159 e. The summed E-state index contributed by atoms with van der Waals surface area (Å²) < 4.78 is 29.3. The minimum Gasteiger partial charge on any atom is -0.507 e. The lowest BCUT2D eigenvalue weighted by atomic mass is 10.0. The average molecular weight is 363 g/mol. The van der Waals surface area contributed by atoms with E-state index in [2.05, 4.69) is 20.6 Å². The summed E-state index contributed by atoms with van der Waals surface area (Å²) in [5, 5.41) is 16.6. The van der Waals surface area contributed by atoms with Gasteiger partial charge in [0.15, 0.2) is 5.82 Å². The third-order valence-electron chi connectivity index (χ3n) is 4.19. The number of anilines is 1. The molecule has 0 saturated carbocycles. The first-order valence-electron chi connectivity index (χ1n) is 7.64. The average Bonchev–Trinajstić information content (AvgIpc) is 2.54. The van der Waals surface area contributed by atoms with Crippen LogP contribution in [0.1, 0.15) is 0 Å². The van der Waals surface area contributed by atoms with Crippen molar-refractivity contribution in [3.05, 3.63) is 47.2 Å². The summed E-state index contributed by atoms with van der Waals surface area (Å²) in [6.07, 6.45) is 1.23. The Morgan fingerprint density at radius 2 is 2.00 bits per heavy atom. The van der Waals surface area contributed by atoms with Crippen LogP contribution in [0, 0.1) is 11.6 Å². The van der Waals surface area contributed by atoms with E-state index in [0.29, 0.717) is 11.2 Å². The lowest BCUT2D eigenvalue weighted by Crippen LogP contribution is -2.51. The minimum atomic E-state index is -0.805. The predicted octanol–water partition coefficient (Wildman–Crippen LogP) is 3.32. The second-order valence-corrected chi connectivity index (χ2v) is 6.21. The predicted molar refractivity (Wildman–Crippen MR) is 91.8 cm³/mol. The van der Waals surface area contributed by atoms with Crippen molar-refractivity contribution in [2.24, 2.45) is 0 Å². The van der Waals surface area contributed by atoms with Gasteiger partial charge in [0.05, 0.1) is 16.6 Å². The van der Waals surface area contributed by atoms with Gasteiger partial charge in [-0.05, 0) is 18.2 Å². The molecular weight excluding hydrogens is 350 g/mol. The van der Waals surface area contributed by atoms with E-state index in [1.807, 2.05) is 0 Å². The van der Waals surface area contributed by atoms with Gasteiger partial charge in [-0.15, -0.1) is 0 Å². The van der Waals surface area contributed by atoms with Gasteiger partial charge in [0.25, 0.3) is 0 Å². The van der Waals surface area contributed by atoms with E-state index in [0.717, 1.165) is 19.2 Å². The van der Waals surface area contributed by atoms with Crippen LogP contribution >= 0.6 is 11.6 Å². The highest BCUT2D eigenvalue weighted by molar-refractivity contribution is 6.34. The van der Waals surface area contributed by atoms with E-state index in [1.54, 1.807) is 0 Å². The number of hydrogen-bond acceptors (Lipinski definition) is 5. The molecule has 4 rings (SSSR count). The van der Waals surface area contributed by atoms with E-state index in [1.165, 1.54) is 24.5 Å². The van der Waals surface area contributed by atoms with Crippen LogP contribution in [0.15, 0.2) is 30.6 Å². The standard InChI is InChI=1S/C17H13ClF2N4O/c18-10-4-9-16(22-7-23-17(9)24-8-5-21-6-8)15(20)13(10)14-11(19)2-1-3-12(14)25/h1-4,7-8,21,25H,5-6H2,(H,22,23,24). The molecule has 1 aliphatic heterocycles. The maximum atomic E-state index is 15.1. The second-order valence-electron chi connectivity index (χ2n) is 5.80. The Morgan fingerprint density at radius 3 is 2.68 bits per heavy atom. The molecule has 1 aliphatic rings. The fourth-order valence-corrected chi connectivity index (χ4v) is 3.10. The number of hydrogen-bond donors (Lipinski definition) is 3. The van der Waals surface area contributed by atoms with E-state index >= 15 is 4.39 Å². The Hall–Kier alpha value is -2.51. The molecule has 3 N–H and O–H groups in total. The molecule has 0 radical (unpaired) electrons. The maximum absolute atomic E-state index is 15.1. The van der Waals surface area contributed by atoms with Gasteiger partial charge >= 0.3 is 0 Å². The molecule has 0 aliphatic carbocycles. The van der Waals surface area contributed by atoms with Gasteiger partial charge in [0.1, 0.15) is 29.2 Å². The summed E-state index contributed by atoms with van der Waals surface area (Å²) in [6.45, 7) is 1.56. The molecule has 1 fully saturated rings.